The number of pyridine rings is 1. The molecular weight excluding hydrogens is 254 g/mol. The van der Waals surface area contributed by atoms with Crippen molar-refractivity contribution in [1.29, 1.82) is 0 Å². The van der Waals surface area contributed by atoms with Gasteiger partial charge in [-0.1, -0.05) is 0 Å². The van der Waals surface area contributed by atoms with Crippen LogP contribution < -0.4 is 5.32 Å². The summed E-state index contributed by atoms with van der Waals surface area (Å²) in [4.78, 5) is 15.8. The minimum absolute atomic E-state index is 0.0407. The van der Waals surface area contributed by atoms with E-state index in [1.807, 2.05) is 22.9 Å². The molecule has 1 N–H and O–H groups in total. The summed E-state index contributed by atoms with van der Waals surface area (Å²) in [5, 5.41) is 4.52. The fourth-order valence-corrected chi connectivity index (χ4v) is 2.02. The highest BCUT2D eigenvalue weighted by Crippen LogP contribution is 2.20. The van der Waals surface area contributed by atoms with Gasteiger partial charge in [-0.15, -0.1) is 0 Å². The molecule has 0 unspecified atom stereocenters. The molecule has 0 aromatic carbocycles. The van der Waals surface area contributed by atoms with E-state index in [0.29, 0.717) is 0 Å². The monoisotopic (exact) mass is 275 g/mol. The lowest BCUT2D eigenvalue weighted by molar-refractivity contribution is -0.141. The Labute approximate surface area is 118 Å². The van der Waals surface area contributed by atoms with Crippen molar-refractivity contribution in [2.45, 2.75) is 39.4 Å². The maximum Gasteiger partial charge on any atom is 0.325 e. The van der Waals surface area contributed by atoms with E-state index in [1.165, 1.54) is 7.11 Å². The van der Waals surface area contributed by atoms with Gasteiger partial charge in [-0.25, -0.2) is 4.98 Å². The molecular formula is C15H21N3O2. The molecule has 108 valence electrons. The predicted molar refractivity (Wildman–Crippen MR) is 78.3 cm³/mol. The van der Waals surface area contributed by atoms with Crippen LogP contribution in [0.2, 0.25) is 0 Å². The number of nitrogens with one attached hydrogen (secondary N) is 1. The minimum Gasteiger partial charge on any atom is -0.468 e. The summed E-state index contributed by atoms with van der Waals surface area (Å²) in [5.74, 6) is -0.275. The number of carbonyl (C=O) groups excluding carboxylic acids is 1. The Kier molecular flexibility index (Phi) is 4.09. The second-order valence-electron chi connectivity index (χ2n) is 5.84. The van der Waals surface area contributed by atoms with E-state index in [1.54, 1.807) is 6.20 Å². The quantitative estimate of drug-likeness (QED) is 0.868. The van der Waals surface area contributed by atoms with Gasteiger partial charge in [0.25, 0.3) is 0 Å². The molecule has 2 aromatic heterocycles. The van der Waals surface area contributed by atoms with E-state index in [-0.39, 0.29) is 18.1 Å². The van der Waals surface area contributed by atoms with E-state index in [4.69, 9.17) is 4.74 Å². The van der Waals surface area contributed by atoms with Crippen molar-refractivity contribution in [3.63, 3.8) is 0 Å². The van der Waals surface area contributed by atoms with Crippen LogP contribution >= 0.6 is 0 Å². The van der Waals surface area contributed by atoms with E-state index in [2.05, 4.69) is 31.1 Å². The van der Waals surface area contributed by atoms with Crippen molar-refractivity contribution in [3.05, 3.63) is 30.1 Å². The average molecular weight is 275 g/mol. The van der Waals surface area contributed by atoms with Crippen molar-refractivity contribution >= 4 is 17.0 Å². The smallest absolute Gasteiger partial charge is 0.325 e. The highest BCUT2D eigenvalue weighted by molar-refractivity contribution is 5.82. The van der Waals surface area contributed by atoms with Crippen LogP contribution in [-0.2, 0) is 22.6 Å². The first-order chi connectivity index (χ1) is 9.40. The number of nitrogens with zero attached hydrogens (tertiary/aromatic N) is 2. The molecule has 2 rings (SSSR count). The molecule has 0 aliphatic rings. The van der Waals surface area contributed by atoms with Gasteiger partial charge in [-0.05, 0) is 38.5 Å². The van der Waals surface area contributed by atoms with E-state index in [0.717, 1.165) is 23.1 Å². The molecule has 0 aliphatic carbocycles. The third-order valence-corrected chi connectivity index (χ3v) is 3.05. The van der Waals surface area contributed by atoms with Gasteiger partial charge in [0, 0.05) is 29.9 Å². The van der Waals surface area contributed by atoms with Crippen LogP contribution in [0.4, 0.5) is 0 Å². The number of carbonyl (C=O) groups is 1. The Morgan fingerprint density at radius 3 is 2.85 bits per heavy atom. The number of hydrogen-bond donors (Lipinski definition) is 1. The molecule has 0 saturated carbocycles. The van der Waals surface area contributed by atoms with Crippen LogP contribution in [0.3, 0.4) is 0 Å². The molecule has 0 aliphatic heterocycles. The van der Waals surface area contributed by atoms with Gasteiger partial charge in [0.2, 0.25) is 0 Å². The van der Waals surface area contributed by atoms with Crippen LogP contribution in [0.1, 0.15) is 26.3 Å². The molecule has 0 amide bonds. The van der Waals surface area contributed by atoms with E-state index >= 15 is 0 Å². The zero-order valence-corrected chi connectivity index (χ0v) is 12.4. The van der Waals surface area contributed by atoms with Gasteiger partial charge < -0.3 is 14.6 Å². The van der Waals surface area contributed by atoms with Gasteiger partial charge in [-0.3, -0.25) is 4.79 Å². The summed E-state index contributed by atoms with van der Waals surface area (Å²) < 4.78 is 6.56. The van der Waals surface area contributed by atoms with Gasteiger partial charge in [-0.2, -0.15) is 0 Å². The first kappa shape index (κ1) is 14.5. The van der Waals surface area contributed by atoms with Crippen molar-refractivity contribution in [3.8, 4) is 0 Å². The van der Waals surface area contributed by atoms with Crippen molar-refractivity contribution < 1.29 is 9.53 Å². The standard InChI is InChI=1S/C15H21N3O2/c1-15(2,3)17-8-11-9-18(10-13(19)20-4)14-12(11)6-5-7-16-14/h5-7,9,17H,8,10H2,1-4H3. The van der Waals surface area contributed by atoms with E-state index in [9.17, 15) is 4.79 Å². The molecule has 2 aromatic rings. The van der Waals surface area contributed by atoms with Crippen LogP contribution in [0.25, 0.3) is 11.0 Å². The Morgan fingerprint density at radius 1 is 1.45 bits per heavy atom. The highest BCUT2D eigenvalue weighted by atomic mass is 16.5. The number of hydrogen-bond acceptors (Lipinski definition) is 4. The summed E-state index contributed by atoms with van der Waals surface area (Å²) >= 11 is 0. The predicted octanol–water partition coefficient (Wildman–Crippen LogP) is 2.10. The summed E-state index contributed by atoms with van der Waals surface area (Å²) in [5.41, 5.74) is 1.98. The van der Waals surface area contributed by atoms with Gasteiger partial charge >= 0.3 is 5.97 Å². The molecule has 5 heteroatoms. The van der Waals surface area contributed by atoms with Gasteiger partial charge in [0.1, 0.15) is 12.2 Å². The molecule has 20 heavy (non-hydrogen) atoms. The van der Waals surface area contributed by atoms with Crippen molar-refractivity contribution in [1.82, 2.24) is 14.9 Å². The number of methoxy groups -OCH3 is 1. The fraction of sp³-hybridized carbons (Fsp3) is 0.467. The largest absolute Gasteiger partial charge is 0.468 e. The van der Waals surface area contributed by atoms with Gasteiger partial charge in [0.05, 0.1) is 7.11 Å². The van der Waals surface area contributed by atoms with Gasteiger partial charge in [0.15, 0.2) is 0 Å². The zero-order valence-electron chi connectivity index (χ0n) is 12.4. The minimum atomic E-state index is -0.275. The molecule has 0 bridgehead atoms. The molecule has 0 spiro atoms. The Hall–Kier alpha value is -1.88. The molecule has 0 radical (unpaired) electrons. The molecule has 5 nitrogen and oxygen atoms in total. The highest BCUT2D eigenvalue weighted by Gasteiger charge is 2.14. The Balaban J connectivity index is 2.33. The summed E-state index contributed by atoms with van der Waals surface area (Å²) in [6.07, 6.45) is 3.70. The molecule has 2 heterocycles. The van der Waals surface area contributed by atoms with Crippen LogP contribution in [-0.4, -0.2) is 28.2 Å². The van der Waals surface area contributed by atoms with Crippen LogP contribution in [0, 0.1) is 0 Å². The second kappa shape index (κ2) is 5.63. The number of esters is 1. The molecule has 0 atom stereocenters. The maximum atomic E-state index is 11.5. The van der Waals surface area contributed by atoms with Crippen LogP contribution in [0.5, 0.6) is 0 Å². The fourth-order valence-electron chi connectivity index (χ4n) is 2.02. The normalized spacial score (nSPS) is 11.8. The van der Waals surface area contributed by atoms with E-state index < -0.39 is 0 Å². The Bertz CT molecular complexity index is 611. The zero-order chi connectivity index (χ0) is 14.8. The number of aromatic nitrogens is 2. The second-order valence-corrected chi connectivity index (χ2v) is 5.84. The first-order valence-corrected chi connectivity index (χ1v) is 6.65. The summed E-state index contributed by atoms with van der Waals surface area (Å²) in [7, 11) is 1.39. The molecule has 0 fully saturated rings. The van der Waals surface area contributed by atoms with Crippen molar-refractivity contribution in [2.24, 2.45) is 0 Å². The summed E-state index contributed by atoms with van der Waals surface area (Å²) in [6.45, 7) is 7.29. The first-order valence-electron chi connectivity index (χ1n) is 6.65. The van der Waals surface area contributed by atoms with Crippen LogP contribution in [0.15, 0.2) is 24.5 Å². The third-order valence-electron chi connectivity index (χ3n) is 3.05. The topological polar surface area (TPSA) is 56.1 Å². The SMILES string of the molecule is COC(=O)Cn1cc(CNC(C)(C)C)c2cccnc21. The number of rotatable bonds is 4. The lowest BCUT2D eigenvalue weighted by atomic mass is 10.1. The molecule has 0 saturated heterocycles. The average Bonchev–Trinajstić information content (AvgIpc) is 2.74. The third kappa shape index (κ3) is 3.36. The maximum absolute atomic E-state index is 11.5. The summed E-state index contributed by atoms with van der Waals surface area (Å²) in [6, 6.07) is 3.93. The lowest BCUT2D eigenvalue weighted by Gasteiger charge is -2.20. The number of fused-ring (bicyclic) bond motifs is 1. The Morgan fingerprint density at radius 2 is 2.20 bits per heavy atom. The number of ether oxygens (including phenoxy) is 1. The lowest BCUT2D eigenvalue weighted by Crippen LogP contribution is -2.35. The van der Waals surface area contributed by atoms with Crippen molar-refractivity contribution in [2.75, 3.05) is 7.11 Å².